The first-order valence-corrected chi connectivity index (χ1v) is 8.35. The maximum Gasteiger partial charge on any atom is 0.106 e. The van der Waals surface area contributed by atoms with Gasteiger partial charge in [0.1, 0.15) is 5.82 Å². The lowest BCUT2D eigenvalue weighted by Crippen LogP contribution is -1.99. The summed E-state index contributed by atoms with van der Waals surface area (Å²) in [5.41, 5.74) is 0. The van der Waals surface area contributed by atoms with E-state index in [-0.39, 0.29) is 0 Å². The van der Waals surface area contributed by atoms with Gasteiger partial charge in [0.05, 0.1) is 6.33 Å². The molecule has 2 heterocycles. The van der Waals surface area contributed by atoms with E-state index in [0.717, 1.165) is 30.3 Å². The summed E-state index contributed by atoms with van der Waals surface area (Å²) in [6.45, 7) is 1.06. The van der Waals surface area contributed by atoms with Crippen molar-refractivity contribution in [3.8, 4) is 0 Å². The van der Waals surface area contributed by atoms with Crippen LogP contribution in [0.25, 0.3) is 0 Å². The molecule has 2 rings (SSSR count). The number of hydrogen-bond acceptors (Lipinski definition) is 4. The first-order valence-electron chi connectivity index (χ1n) is 6.04. The molecule has 98 valence electrons. The number of H-pyrrole nitrogens is 1. The number of nitrogens with zero attached hydrogens (tertiary/aromatic N) is 3. The van der Waals surface area contributed by atoms with E-state index in [4.69, 9.17) is 0 Å². The van der Waals surface area contributed by atoms with Gasteiger partial charge in [0.15, 0.2) is 0 Å². The quantitative estimate of drug-likeness (QED) is 0.717. The van der Waals surface area contributed by atoms with Crippen LogP contribution < -0.4 is 0 Å². The summed E-state index contributed by atoms with van der Waals surface area (Å²) >= 11 is 4.01. The number of hydrogen-bond donors (Lipinski definition) is 1. The van der Waals surface area contributed by atoms with Gasteiger partial charge >= 0.3 is 0 Å². The molecule has 0 radical (unpaired) electrons. The average molecular weight is 282 g/mol. The molecule has 0 aliphatic heterocycles. The lowest BCUT2D eigenvalue weighted by atomic mass is 10.5. The maximum atomic E-state index is 4.21. The zero-order chi connectivity index (χ0) is 12.5. The van der Waals surface area contributed by atoms with Crippen molar-refractivity contribution >= 4 is 23.5 Å². The Morgan fingerprint density at radius 2 is 2.00 bits per heavy atom. The topological polar surface area (TPSA) is 46.5 Å². The molecule has 0 atom stereocenters. The largest absolute Gasteiger partial charge is 0.349 e. The Kier molecular flexibility index (Phi) is 6.22. The maximum absolute atomic E-state index is 4.21. The molecule has 2 aromatic heterocycles. The molecule has 1 N–H and O–H groups in total. The van der Waals surface area contributed by atoms with Gasteiger partial charge < -0.3 is 9.55 Å². The van der Waals surface area contributed by atoms with Gasteiger partial charge in [0, 0.05) is 60.8 Å². The summed E-state index contributed by atoms with van der Waals surface area (Å²) in [6, 6.07) is 0. The van der Waals surface area contributed by atoms with Crippen LogP contribution in [0.3, 0.4) is 0 Å². The summed E-state index contributed by atoms with van der Waals surface area (Å²) in [7, 11) is 0. The minimum absolute atomic E-state index is 1.04. The average Bonchev–Trinajstić information content (AvgIpc) is 3.05. The number of nitrogens with one attached hydrogen (secondary N) is 1. The summed E-state index contributed by atoms with van der Waals surface area (Å²) in [5, 5.41) is 0. The van der Waals surface area contributed by atoms with Crippen LogP contribution in [0, 0.1) is 0 Å². The van der Waals surface area contributed by atoms with Crippen LogP contribution in [-0.2, 0) is 13.0 Å². The highest BCUT2D eigenvalue weighted by molar-refractivity contribution is 8.02. The fraction of sp³-hybridized carbons (Fsp3) is 0.500. The van der Waals surface area contributed by atoms with Crippen LogP contribution in [0.5, 0.6) is 0 Å². The monoisotopic (exact) mass is 282 g/mol. The third-order valence-electron chi connectivity index (χ3n) is 2.46. The number of aryl methyl sites for hydroxylation is 2. The highest BCUT2D eigenvalue weighted by Gasteiger charge is 1.96. The van der Waals surface area contributed by atoms with Crippen LogP contribution in [0.4, 0.5) is 0 Å². The van der Waals surface area contributed by atoms with E-state index in [0.29, 0.717) is 0 Å². The van der Waals surface area contributed by atoms with Gasteiger partial charge in [-0.2, -0.15) is 23.5 Å². The Hall–Kier alpha value is -0.880. The molecule has 0 saturated carbocycles. The summed E-state index contributed by atoms with van der Waals surface area (Å²) in [5.74, 6) is 5.84. The summed E-state index contributed by atoms with van der Waals surface area (Å²) in [4.78, 5) is 11.4. The Balaban J connectivity index is 1.40. The van der Waals surface area contributed by atoms with Crippen LogP contribution in [0.2, 0.25) is 0 Å². The molecule has 0 aliphatic rings. The van der Waals surface area contributed by atoms with E-state index in [1.165, 1.54) is 11.5 Å². The van der Waals surface area contributed by atoms with Crippen LogP contribution in [0.15, 0.2) is 31.1 Å². The Morgan fingerprint density at radius 1 is 1.11 bits per heavy atom. The van der Waals surface area contributed by atoms with Crippen molar-refractivity contribution in [3.05, 3.63) is 36.9 Å². The van der Waals surface area contributed by atoms with Crippen molar-refractivity contribution in [1.29, 1.82) is 0 Å². The number of rotatable bonds is 9. The Morgan fingerprint density at radius 3 is 2.72 bits per heavy atom. The van der Waals surface area contributed by atoms with E-state index < -0.39 is 0 Å². The van der Waals surface area contributed by atoms with Gasteiger partial charge in [-0.3, -0.25) is 0 Å². The molecule has 0 unspecified atom stereocenters. The number of aromatic amines is 1. The first-order chi connectivity index (χ1) is 8.95. The van der Waals surface area contributed by atoms with Gasteiger partial charge in [0.2, 0.25) is 0 Å². The SMILES string of the molecule is c1cn(CCSCCSCCc2ncc[nH]2)cn1. The summed E-state index contributed by atoms with van der Waals surface area (Å²) in [6.07, 6.45) is 10.4. The molecule has 0 saturated heterocycles. The van der Waals surface area contributed by atoms with E-state index in [1.54, 1.807) is 0 Å². The minimum Gasteiger partial charge on any atom is -0.349 e. The Bertz CT molecular complexity index is 359. The van der Waals surface area contributed by atoms with Crippen molar-refractivity contribution in [2.45, 2.75) is 13.0 Å². The molecular weight excluding hydrogens is 264 g/mol. The van der Waals surface area contributed by atoms with Crippen molar-refractivity contribution in [2.75, 3.05) is 23.0 Å². The number of aromatic nitrogens is 4. The number of thioether (sulfide) groups is 2. The van der Waals surface area contributed by atoms with E-state index in [1.807, 2.05) is 54.6 Å². The second-order valence-electron chi connectivity index (χ2n) is 3.81. The van der Waals surface area contributed by atoms with Gasteiger partial charge in [-0.25, -0.2) is 9.97 Å². The van der Waals surface area contributed by atoms with Gasteiger partial charge in [-0.1, -0.05) is 0 Å². The Labute approximate surface area is 116 Å². The molecular formula is C12H18N4S2. The molecule has 0 aliphatic carbocycles. The first kappa shape index (κ1) is 13.5. The van der Waals surface area contributed by atoms with Crippen molar-refractivity contribution in [1.82, 2.24) is 19.5 Å². The fourth-order valence-electron chi connectivity index (χ4n) is 1.51. The second-order valence-corrected chi connectivity index (χ2v) is 6.26. The third-order valence-corrected chi connectivity index (χ3v) is 4.67. The van der Waals surface area contributed by atoms with E-state index in [2.05, 4.69) is 19.5 Å². The molecule has 6 heteroatoms. The lowest BCUT2D eigenvalue weighted by Gasteiger charge is -2.02. The highest BCUT2D eigenvalue weighted by Crippen LogP contribution is 2.09. The standard InChI is InChI=1S/C12H18N4S2/c1(12-14-2-3-15-12)7-17-9-10-18-8-6-16-5-4-13-11-16/h2-5,11H,1,6-10H2,(H,14,15). The van der Waals surface area contributed by atoms with Crippen LogP contribution in [-0.4, -0.2) is 42.5 Å². The highest BCUT2D eigenvalue weighted by atomic mass is 32.2. The smallest absolute Gasteiger partial charge is 0.106 e. The van der Waals surface area contributed by atoms with Crippen LogP contribution in [0.1, 0.15) is 5.82 Å². The van der Waals surface area contributed by atoms with Crippen molar-refractivity contribution in [3.63, 3.8) is 0 Å². The third kappa shape index (κ3) is 5.18. The van der Waals surface area contributed by atoms with Gasteiger partial charge in [-0.05, 0) is 0 Å². The second kappa shape index (κ2) is 8.26. The molecule has 2 aromatic rings. The minimum atomic E-state index is 1.04. The lowest BCUT2D eigenvalue weighted by molar-refractivity contribution is 0.770. The fourth-order valence-corrected chi connectivity index (χ4v) is 3.54. The molecule has 0 fully saturated rings. The van der Waals surface area contributed by atoms with Crippen molar-refractivity contribution < 1.29 is 0 Å². The van der Waals surface area contributed by atoms with Crippen LogP contribution >= 0.6 is 23.5 Å². The van der Waals surface area contributed by atoms with E-state index >= 15 is 0 Å². The van der Waals surface area contributed by atoms with E-state index in [9.17, 15) is 0 Å². The van der Waals surface area contributed by atoms with Gasteiger partial charge in [0.25, 0.3) is 0 Å². The zero-order valence-corrected chi connectivity index (χ0v) is 11.9. The predicted octanol–water partition coefficient (Wildman–Crippen LogP) is 2.32. The van der Waals surface area contributed by atoms with Crippen molar-refractivity contribution in [2.24, 2.45) is 0 Å². The molecule has 0 bridgehead atoms. The summed E-state index contributed by atoms with van der Waals surface area (Å²) < 4.78 is 2.12. The molecule has 18 heavy (non-hydrogen) atoms. The predicted molar refractivity (Wildman–Crippen MR) is 79.2 cm³/mol. The molecule has 0 spiro atoms. The molecule has 0 amide bonds. The molecule has 0 aromatic carbocycles. The molecule has 4 nitrogen and oxygen atoms in total. The normalized spacial score (nSPS) is 10.9. The number of imidazole rings is 2. The zero-order valence-electron chi connectivity index (χ0n) is 10.3. The van der Waals surface area contributed by atoms with Gasteiger partial charge in [-0.15, -0.1) is 0 Å².